The van der Waals surface area contributed by atoms with Gasteiger partial charge in [0.15, 0.2) is 0 Å². The number of aliphatic hydroxyl groups is 1. The molecule has 1 saturated heterocycles. The van der Waals surface area contributed by atoms with Crippen LogP contribution in [0.3, 0.4) is 0 Å². The van der Waals surface area contributed by atoms with Gasteiger partial charge in [0.1, 0.15) is 5.82 Å². The van der Waals surface area contributed by atoms with Crippen molar-refractivity contribution in [2.24, 2.45) is 5.41 Å². The van der Waals surface area contributed by atoms with Crippen molar-refractivity contribution in [3.8, 4) is 11.3 Å². The molecule has 1 atom stereocenters. The minimum atomic E-state index is -0.766. The highest BCUT2D eigenvalue weighted by atomic mass is 16.3. The Balaban J connectivity index is 1.32. The summed E-state index contributed by atoms with van der Waals surface area (Å²) in [7, 11) is 0. The van der Waals surface area contributed by atoms with Gasteiger partial charge in [-0.3, -0.25) is 14.2 Å². The predicted octanol–water partition coefficient (Wildman–Crippen LogP) is 2.77. The molecule has 158 valence electrons. The molecule has 30 heavy (non-hydrogen) atoms. The van der Waals surface area contributed by atoms with E-state index in [2.05, 4.69) is 0 Å². The van der Waals surface area contributed by atoms with Crippen LogP contribution in [0.4, 0.5) is 0 Å². The van der Waals surface area contributed by atoms with Crippen LogP contribution in [0.15, 0.2) is 41.2 Å². The number of fused-ring (bicyclic) bond motifs is 1. The average Bonchev–Trinajstić information content (AvgIpc) is 3.06. The van der Waals surface area contributed by atoms with Gasteiger partial charge in [0.25, 0.3) is 5.56 Å². The summed E-state index contributed by atoms with van der Waals surface area (Å²) in [4.78, 5) is 32.3. The van der Waals surface area contributed by atoms with Gasteiger partial charge in [-0.15, -0.1) is 0 Å². The largest absolute Gasteiger partial charge is 0.389 e. The van der Waals surface area contributed by atoms with Crippen LogP contribution < -0.4 is 5.56 Å². The normalized spacial score (nSPS) is 24.9. The Morgan fingerprint density at radius 3 is 2.57 bits per heavy atom. The standard InChI is InChI=1S/C24H29N3O3/c28-21-15-19(18-5-2-1-3-6-18)25-20-7-10-23(12-14-27(20)21)11-13-26(17-23)22(29)16-24(30)8-4-9-24/h1-3,5-6,15,30H,4,7-14,16-17H2. The highest BCUT2D eigenvalue weighted by Gasteiger charge is 2.43. The van der Waals surface area contributed by atoms with Crippen LogP contribution >= 0.6 is 0 Å². The molecule has 2 aliphatic heterocycles. The van der Waals surface area contributed by atoms with Crippen molar-refractivity contribution in [3.63, 3.8) is 0 Å². The highest BCUT2D eigenvalue weighted by molar-refractivity contribution is 5.77. The second-order valence-corrected chi connectivity index (χ2v) is 9.48. The number of rotatable bonds is 3. The second kappa shape index (κ2) is 7.34. The molecule has 1 N–H and O–H groups in total. The number of carbonyl (C=O) groups is 1. The van der Waals surface area contributed by atoms with Crippen LogP contribution in [0.1, 0.15) is 50.8 Å². The first kappa shape index (κ1) is 19.5. The van der Waals surface area contributed by atoms with E-state index < -0.39 is 5.60 Å². The van der Waals surface area contributed by atoms with Crippen molar-refractivity contribution in [3.05, 3.63) is 52.6 Å². The molecule has 6 heteroatoms. The number of nitrogens with zero attached hydrogens (tertiary/aromatic N) is 3. The Hall–Kier alpha value is -2.47. The molecule has 1 unspecified atom stereocenters. The number of aromatic nitrogens is 2. The fourth-order valence-electron chi connectivity index (χ4n) is 5.30. The number of aryl methyl sites for hydroxylation is 1. The summed E-state index contributed by atoms with van der Waals surface area (Å²) in [5, 5.41) is 10.4. The van der Waals surface area contributed by atoms with Gasteiger partial charge in [-0.1, -0.05) is 30.3 Å². The monoisotopic (exact) mass is 407 g/mol. The number of benzene rings is 1. The highest BCUT2D eigenvalue weighted by Crippen LogP contribution is 2.42. The van der Waals surface area contributed by atoms with Crippen LogP contribution in [0.5, 0.6) is 0 Å². The van der Waals surface area contributed by atoms with Crippen LogP contribution in [0.2, 0.25) is 0 Å². The van der Waals surface area contributed by atoms with Crippen molar-refractivity contribution in [1.82, 2.24) is 14.5 Å². The van der Waals surface area contributed by atoms with Crippen LogP contribution in [-0.2, 0) is 17.8 Å². The van der Waals surface area contributed by atoms with Gasteiger partial charge in [-0.2, -0.15) is 0 Å². The second-order valence-electron chi connectivity index (χ2n) is 9.48. The topological polar surface area (TPSA) is 75.4 Å². The van der Waals surface area contributed by atoms with E-state index in [1.54, 1.807) is 6.07 Å². The Kier molecular flexibility index (Phi) is 4.77. The van der Waals surface area contributed by atoms with Crippen molar-refractivity contribution in [1.29, 1.82) is 0 Å². The van der Waals surface area contributed by atoms with Gasteiger partial charge in [-0.25, -0.2) is 4.98 Å². The molecule has 0 radical (unpaired) electrons. The van der Waals surface area contributed by atoms with Gasteiger partial charge in [0, 0.05) is 37.7 Å². The fourth-order valence-corrected chi connectivity index (χ4v) is 5.30. The van der Waals surface area contributed by atoms with Crippen LogP contribution in [-0.4, -0.2) is 44.2 Å². The average molecular weight is 408 g/mol. The molecular weight excluding hydrogens is 378 g/mol. The third-order valence-electron chi connectivity index (χ3n) is 7.46. The number of carbonyl (C=O) groups excluding carboxylic acids is 1. The smallest absolute Gasteiger partial charge is 0.254 e. The van der Waals surface area contributed by atoms with E-state index in [1.165, 1.54) is 0 Å². The van der Waals surface area contributed by atoms with Crippen LogP contribution in [0, 0.1) is 5.41 Å². The lowest BCUT2D eigenvalue weighted by molar-refractivity contribution is -0.139. The predicted molar refractivity (Wildman–Crippen MR) is 114 cm³/mol. The third kappa shape index (κ3) is 3.58. The maximum atomic E-state index is 12.8. The molecule has 1 spiro atoms. The molecular formula is C24H29N3O3. The SMILES string of the molecule is O=C(CC1(O)CCC1)N1CCC2(CCc3nc(-c4ccccc4)cc(=O)n3CC2)C1. The molecule has 6 nitrogen and oxygen atoms in total. The molecule has 3 heterocycles. The minimum Gasteiger partial charge on any atom is -0.389 e. The van der Waals surface area contributed by atoms with E-state index in [0.717, 1.165) is 75.1 Å². The third-order valence-corrected chi connectivity index (χ3v) is 7.46. The molecule has 1 saturated carbocycles. The number of hydrogen-bond acceptors (Lipinski definition) is 4. The first-order chi connectivity index (χ1) is 14.5. The summed E-state index contributed by atoms with van der Waals surface area (Å²) in [6, 6.07) is 11.5. The summed E-state index contributed by atoms with van der Waals surface area (Å²) in [6.07, 6.45) is 6.29. The lowest BCUT2D eigenvalue weighted by atomic mass is 9.77. The van der Waals surface area contributed by atoms with Crippen molar-refractivity contribution < 1.29 is 9.90 Å². The molecule has 5 rings (SSSR count). The number of amides is 1. The molecule has 1 aliphatic carbocycles. The number of likely N-dealkylation sites (tertiary alicyclic amines) is 1. The van der Waals surface area contributed by atoms with Gasteiger partial charge in [-0.05, 0) is 43.9 Å². The quantitative estimate of drug-likeness (QED) is 0.849. The summed E-state index contributed by atoms with van der Waals surface area (Å²) < 4.78 is 1.82. The summed E-state index contributed by atoms with van der Waals surface area (Å²) in [5.41, 5.74) is 0.986. The van der Waals surface area contributed by atoms with E-state index in [-0.39, 0.29) is 23.3 Å². The molecule has 1 aromatic heterocycles. The fraction of sp³-hybridized carbons (Fsp3) is 0.542. The zero-order valence-corrected chi connectivity index (χ0v) is 17.3. The number of hydrogen-bond donors (Lipinski definition) is 1. The summed E-state index contributed by atoms with van der Waals surface area (Å²) in [5.74, 6) is 0.935. The molecule has 2 fully saturated rings. The maximum Gasteiger partial charge on any atom is 0.254 e. The van der Waals surface area contributed by atoms with E-state index in [9.17, 15) is 14.7 Å². The van der Waals surface area contributed by atoms with E-state index >= 15 is 0 Å². The zero-order valence-electron chi connectivity index (χ0n) is 17.3. The molecule has 2 aromatic rings. The Morgan fingerprint density at radius 1 is 1.07 bits per heavy atom. The van der Waals surface area contributed by atoms with Gasteiger partial charge < -0.3 is 10.0 Å². The van der Waals surface area contributed by atoms with Gasteiger partial charge >= 0.3 is 0 Å². The van der Waals surface area contributed by atoms with E-state index in [1.807, 2.05) is 39.8 Å². The maximum absolute atomic E-state index is 12.8. The minimum absolute atomic E-state index is 0.00837. The lowest BCUT2D eigenvalue weighted by Gasteiger charge is -2.37. The van der Waals surface area contributed by atoms with Crippen molar-refractivity contribution >= 4 is 5.91 Å². The molecule has 1 amide bonds. The lowest BCUT2D eigenvalue weighted by Crippen LogP contribution is -2.43. The Morgan fingerprint density at radius 2 is 1.83 bits per heavy atom. The van der Waals surface area contributed by atoms with E-state index in [0.29, 0.717) is 6.54 Å². The molecule has 3 aliphatic rings. The first-order valence-corrected chi connectivity index (χ1v) is 11.1. The van der Waals surface area contributed by atoms with Crippen LogP contribution in [0.25, 0.3) is 11.3 Å². The van der Waals surface area contributed by atoms with Crippen molar-refractivity contribution in [2.45, 2.75) is 63.5 Å². The van der Waals surface area contributed by atoms with Gasteiger partial charge in [0.05, 0.1) is 17.7 Å². The van der Waals surface area contributed by atoms with E-state index in [4.69, 9.17) is 4.98 Å². The summed E-state index contributed by atoms with van der Waals surface area (Å²) >= 11 is 0. The van der Waals surface area contributed by atoms with Gasteiger partial charge in [0.2, 0.25) is 5.91 Å². The zero-order chi connectivity index (χ0) is 20.8. The molecule has 0 bridgehead atoms. The molecule has 1 aromatic carbocycles. The first-order valence-electron chi connectivity index (χ1n) is 11.1. The van der Waals surface area contributed by atoms with Crippen molar-refractivity contribution in [2.75, 3.05) is 13.1 Å². The summed E-state index contributed by atoms with van der Waals surface area (Å²) in [6.45, 7) is 2.14. The Bertz CT molecular complexity index is 1010. The Labute approximate surface area is 176 Å².